The second kappa shape index (κ2) is 7.51. The average molecular weight is 272 g/mol. The molecule has 0 atom stereocenters. The molecule has 0 aromatic carbocycles. The fourth-order valence-corrected chi connectivity index (χ4v) is 2.74. The van der Waals surface area contributed by atoms with Crippen molar-refractivity contribution in [2.75, 3.05) is 7.11 Å². The minimum absolute atomic E-state index is 0.00178. The van der Waals surface area contributed by atoms with E-state index in [1.165, 1.54) is 26.4 Å². The van der Waals surface area contributed by atoms with Crippen molar-refractivity contribution >= 4 is 28.4 Å². The first-order chi connectivity index (χ1) is 8.22. The molecule has 17 heavy (non-hydrogen) atoms. The summed E-state index contributed by atoms with van der Waals surface area (Å²) in [4.78, 5) is 11.4. The van der Waals surface area contributed by atoms with Crippen molar-refractivity contribution < 1.29 is 9.53 Å². The first-order valence-corrected chi connectivity index (χ1v) is 7.40. The van der Waals surface area contributed by atoms with Gasteiger partial charge in [0, 0.05) is 6.04 Å². The Morgan fingerprint density at radius 2 is 2.12 bits per heavy atom. The maximum absolute atomic E-state index is 11.4. The zero-order chi connectivity index (χ0) is 12.7. The number of hydrogen-bond donors (Lipinski definition) is 2. The molecule has 1 saturated carbocycles. The molecule has 4 nitrogen and oxygen atoms in total. The van der Waals surface area contributed by atoms with Crippen LogP contribution in [0, 0.1) is 11.3 Å². The third-order valence-corrected chi connectivity index (χ3v) is 3.81. The van der Waals surface area contributed by atoms with E-state index in [0.717, 1.165) is 23.6 Å². The zero-order valence-corrected chi connectivity index (χ0v) is 11.4. The lowest BCUT2D eigenvalue weighted by Crippen LogP contribution is -2.30. The highest BCUT2D eigenvalue weighted by Crippen LogP contribution is 2.25. The van der Waals surface area contributed by atoms with Gasteiger partial charge in [0.2, 0.25) is 0 Å². The first-order valence-electron chi connectivity index (χ1n) is 5.53. The van der Waals surface area contributed by atoms with Crippen LogP contribution >= 0.6 is 22.5 Å². The van der Waals surface area contributed by atoms with Gasteiger partial charge in [-0.05, 0) is 23.6 Å². The van der Waals surface area contributed by atoms with Crippen molar-refractivity contribution in [2.24, 2.45) is 0 Å². The minimum Gasteiger partial charge on any atom is -0.465 e. The van der Waals surface area contributed by atoms with Crippen LogP contribution in [0.25, 0.3) is 0 Å². The van der Waals surface area contributed by atoms with E-state index in [1.54, 1.807) is 0 Å². The Bertz CT molecular complexity index is 344. The number of rotatable bonds is 4. The number of methoxy groups -OCH3 is 1. The van der Waals surface area contributed by atoms with Gasteiger partial charge in [0.05, 0.1) is 7.11 Å². The van der Waals surface area contributed by atoms with Crippen LogP contribution in [0.3, 0.4) is 0 Å². The van der Waals surface area contributed by atoms with Crippen LogP contribution in [-0.2, 0) is 9.53 Å². The molecule has 1 fully saturated rings. The monoisotopic (exact) mass is 272 g/mol. The molecule has 1 N–H and O–H groups in total. The van der Waals surface area contributed by atoms with Crippen LogP contribution in [0.5, 0.6) is 0 Å². The van der Waals surface area contributed by atoms with Crippen molar-refractivity contribution in [3.05, 3.63) is 10.6 Å². The molecule has 0 aromatic heterocycles. The summed E-state index contributed by atoms with van der Waals surface area (Å²) in [6, 6.07) is 2.19. The van der Waals surface area contributed by atoms with Crippen molar-refractivity contribution in [2.45, 2.75) is 38.1 Å². The van der Waals surface area contributed by atoms with E-state index in [-0.39, 0.29) is 5.57 Å². The molecule has 0 aromatic rings. The van der Waals surface area contributed by atoms with Gasteiger partial charge in [-0.2, -0.15) is 5.26 Å². The molecule has 0 unspecified atom stereocenters. The van der Waals surface area contributed by atoms with Crippen LogP contribution in [-0.4, -0.2) is 19.1 Å². The predicted octanol–water partition coefficient (Wildman–Crippen LogP) is 2.39. The molecule has 0 heterocycles. The highest BCUT2D eigenvalue weighted by atomic mass is 33.1. The lowest BCUT2D eigenvalue weighted by molar-refractivity contribution is -0.135. The van der Waals surface area contributed by atoms with E-state index < -0.39 is 5.97 Å². The Kier molecular flexibility index (Phi) is 6.30. The number of esters is 1. The fourth-order valence-electron chi connectivity index (χ4n) is 1.87. The van der Waals surface area contributed by atoms with Gasteiger partial charge < -0.3 is 10.1 Å². The summed E-state index contributed by atoms with van der Waals surface area (Å²) in [6.45, 7) is 0. The third kappa shape index (κ3) is 4.17. The molecule has 0 spiro atoms. The summed E-state index contributed by atoms with van der Waals surface area (Å²) in [6.07, 6.45) is 5.76. The maximum Gasteiger partial charge on any atom is 0.351 e. The highest BCUT2D eigenvalue weighted by molar-refractivity contribution is 8.70. The van der Waals surface area contributed by atoms with E-state index in [0.29, 0.717) is 11.1 Å². The minimum atomic E-state index is -0.618. The van der Waals surface area contributed by atoms with E-state index in [1.807, 2.05) is 6.07 Å². The molecule has 0 bridgehead atoms. The average Bonchev–Trinajstić information content (AvgIpc) is 2.39. The summed E-state index contributed by atoms with van der Waals surface area (Å²) in [7, 11) is 2.34. The van der Waals surface area contributed by atoms with Crippen molar-refractivity contribution in [3.63, 3.8) is 0 Å². The zero-order valence-electron chi connectivity index (χ0n) is 9.73. The van der Waals surface area contributed by atoms with Gasteiger partial charge in [-0.15, -0.1) is 11.7 Å². The van der Waals surface area contributed by atoms with Crippen LogP contribution in [0.15, 0.2) is 10.6 Å². The Morgan fingerprint density at radius 3 is 2.59 bits per heavy atom. The van der Waals surface area contributed by atoms with E-state index in [4.69, 9.17) is 5.26 Å². The fraction of sp³-hybridized carbons (Fsp3) is 0.636. The Balaban J connectivity index is 2.77. The predicted molar refractivity (Wildman–Crippen MR) is 71.2 cm³/mol. The Hall–Kier alpha value is -0.800. The largest absolute Gasteiger partial charge is 0.465 e. The number of nitrogens with zero attached hydrogens (tertiary/aromatic N) is 1. The SMILES string of the molecule is COC(=O)/C(C#N)=C(/NC1CCCCC1)SS. The van der Waals surface area contributed by atoms with Gasteiger partial charge in [-0.3, -0.25) is 0 Å². The van der Waals surface area contributed by atoms with E-state index in [9.17, 15) is 4.79 Å². The Morgan fingerprint density at radius 1 is 1.47 bits per heavy atom. The highest BCUT2D eigenvalue weighted by Gasteiger charge is 2.20. The number of ether oxygens (including phenoxy) is 1. The first kappa shape index (κ1) is 14.3. The smallest absolute Gasteiger partial charge is 0.351 e. The van der Waals surface area contributed by atoms with Gasteiger partial charge in [0.15, 0.2) is 5.57 Å². The standard InChI is InChI=1S/C11H16N2O2S2/c1-15-11(14)9(7-12)10(17-16)13-8-5-3-2-4-6-8/h8,13,16H,2-6H2,1H3/b10-9-. The molecule has 1 rings (SSSR count). The third-order valence-electron chi connectivity index (χ3n) is 2.76. The number of carbonyl (C=O) groups is 1. The molecular formula is C11H16N2O2S2. The summed E-state index contributed by atoms with van der Waals surface area (Å²) in [5.41, 5.74) is -0.00178. The molecule has 0 amide bonds. The van der Waals surface area contributed by atoms with Gasteiger partial charge in [0.25, 0.3) is 0 Å². The summed E-state index contributed by atoms with van der Waals surface area (Å²) in [5, 5.41) is 12.7. The van der Waals surface area contributed by atoms with Crippen molar-refractivity contribution in [1.29, 1.82) is 5.26 Å². The van der Waals surface area contributed by atoms with Gasteiger partial charge >= 0.3 is 5.97 Å². The van der Waals surface area contributed by atoms with Gasteiger partial charge in [0.1, 0.15) is 11.1 Å². The van der Waals surface area contributed by atoms with Crippen LogP contribution < -0.4 is 5.32 Å². The van der Waals surface area contributed by atoms with E-state index >= 15 is 0 Å². The topological polar surface area (TPSA) is 62.1 Å². The van der Waals surface area contributed by atoms with Crippen LogP contribution in [0.4, 0.5) is 0 Å². The maximum atomic E-state index is 11.4. The van der Waals surface area contributed by atoms with Gasteiger partial charge in [-0.1, -0.05) is 19.3 Å². The molecular weight excluding hydrogens is 256 g/mol. The Labute approximate surface area is 111 Å². The van der Waals surface area contributed by atoms with Crippen LogP contribution in [0.1, 0.15) is 32.1 Å². The number of hydrogen-bond acceptors (Lipinski definition) is 6. The molecule has 6 heteroatoms. The second-order valence-electron chi connectivity index (χ2n) is 3.88. The lowest BCUT2D eigenvalue weighted by Gasteiger charge is -2.24. The summed E-state index contributed by atoms with van der Waals surface area (Å²) >= 11 is 4.08. The van der Waals surface area contributed by atoms with Crippen LogP contribution in [0.2, 0.25) is 0 Å². The number of nitriles is 1. The lowest BCUT2D eigenvalue weighted by atomic mass is 9.96. The molecule has 1 aliphatic carbocycles. The van der Waals surface area contributed by atoms with Crippen molar-refractivity contribution in [3.8, 4) is 6.07 Å². The van der Waals surface area contributed by atoms with E-state index in [2.05, 4.69) is 21.7 Å². The number of thiol groups is 1. The molecule has 0 radical (unpaired) electrons. The number of carbonyl (C=O) groups excluding carboxylic acids is 1. The molecule has 0 saturated heterocycles. The quantitative estimate of drug-likeness (QED) is 0.270. The molecule has 0 aliphatic heterocycles. The summed E-state index contributed by atoms with van der Waals surface area (Å²) < 4.78 is 4.57. The van der Waals surface area contributed by atoms with Crippen molar-refractivity contribution in [1.82, 2.24) is 5.32 Å². The normalized spacial score (nSPS) is 17.9. The second-order valence-corrected chi connectivity index (χ2v) is 5.02. The molecule has 1 aliphatic rings. The summed E-state index contributed by atoms with van der Waals surface area (Å²) in [5.74, 6) is -0.618. The molecule has 94 valence electrons. The van der Waals surface area contributed by atoms with Gasteiger partial charge in [-0.25, -0.2) is 4.79 Å². The number of nitrogens with one attached hydrogen (secondary N) is 1.